The Bertz CT molecular complexity index is 466. The maximum absolute atomic E-state index is 12.1. The quantitative estimate of drug-likeness (QED) is 0.775. The van der Waals surface area contributed by atoms with Crippen LogP contribution in [-0.4, -0.2) is 21.0 Å². The third-order valence-electron chi connectivity index (χ3n) is 3.19. The molecule has 2 rings (SSSR count). The first-order valence-electron chi connectivity index (χ1n) is 5.80. The van der Waals surface area contributed by atoms with Crippen LogP contribution in [0.1, 0.15) is 24.8 Å². The van der Waals surface area contributed by atoms with Crippen molar-refractivity contribution in [1.29, 1.82) is 0 Å². The second-order valence-electron chi connectivity index (χ2n) is 4.93. The largest absolute Gasteiger partial charge is 0.481 e. The molecule has 1 aromatic rings. The Morgan fingerprint density at radius 1 is 1.33 bits per heavy atom. The molecule has 98 valence electrons. The summed E-state index contributed by atoms with van der Waals surface area (Å²) < 4.78 is 13.2. The van der Waals surface area contributed by atoms with Crippen molar-refractivity contribution >= 4 is 39.4 Å². The Labute approximate surface area is 123 Å². The zero-order valence-corrected chi connectivity index (χ0v) is 12.9. The summed E-state index contributed by atoms with van der Waals surface area (Å²) in [6, 6.07) is 7.96. The molecule has 1 saturated carbocycles. The maximum atomic E-state index is 12.1. The van der Waals surface area contributed by atoms with Crippen LogP contribution in [0, 0.1) is 8.99 Å². The molecule has 0 aromatic heterocycles. The summed E-state index contributed by atoms with van der Waals surface area (Å²) in [6.45, 7) is 0. The second kappa shape index (κ2) is 5.69. The van der Waals surface area contributed by atoms with E-state index in [1.807, 2.05) is 24.3 Å². The minimum Gasteiger partial charge on any atom is -0.481 e. The van der Waals surface area contributed by atoms with Gasteiger partial charge in [-0.15, -0.1) is 0 Å². The number of carboxylic acid groups (broad SMARTS) is 1. The number of hydrogen-bond donors (Lipinski definition) is 1. The second-order valence-corrected chi connectivity index (χ2v) is 7.63. The molecule has 0 radical (unpaired) electrons. The summed E-state index contributed by atoms with van der Waals surface area (Å²) in [6.07, 6.45) is 1.96. The van der Waals surface area contributed by atoms with E-state index in [4.69, 9.17) is 5.11 Å². The third-order valence-corrected chi connectivity index (χ3v) is 5.50. The van der Waals surface area contributed by atoms with Gasteiger partial charge >= 0.3 is 5.97 Å². The van der Waals surface area contributed by atoms with Crippen LogP contribution < -0.4 is 0 Å². The number of carboxylic acids is 1. The smallest absolute Gasteiger partial charge is 0.303 e. The molecule has 0 spiro atoms. The summed E-state index contributed by atoms with van der Waals surface area (Å²) in [5, 5.41) is 8.82. The molecule has 1 fully saturated rings. The van der Waals surface area contributed by atoms with E-state index in [2.05, 4.69) is 22.6 Å². The fraction of sp³-hybridized carbons (Fsp3) is 0.462. The fourth-order valence-corrected chi connectivity index (χ4v) is 4.13. The van der Waals surface area contributed by atoms with Crippen molar-refractivity contribution in [2.75, 3.05) is 5.75 Å². The molecule has 18 heavy (non-hydrogen) atoms. The fourth-order valence-electron chi connectivity index (χ4n) is 2.03. The highest BCUT2D eigenvalue weighted by Crippen LogP contribution is 2.49. The monoisotopic (exact) mass is 378 g/mol. The number of halogens is 1. The molecule has 1 atom stereocenters. The van der Waals surface area contributed by atoms with Crippen LogP contribution in [0.5, 0.6) is 0 Å². The first-order chi connectivity index (χ1) is 8.49. The van der Waals surface area contributed by atoms with Crippen LogP contribution in [-0.2, 0) is 21.3 Å². The topological polar surface area (TPSA) is 54.4 Å². The van der Waals surface area contributed by atoms with E-state index in [9.17, 15) is 9.00 Å². The van der Waals surface area contributed by atoms with Crippen molar-refractivity contribution in [2.45, 2.75) is 25.0 Å². The van der Waals surface area contributed by atoms with Crippen LogP contribution in [0.25, 0.3) is 0 Å². The van der Waals surface area contributed by atoms with Gasteiger partial charge in [0.05, 0.1) is 6.42 Å². The van der Waals surface area contributed by atoms with E-state index in [1.54, 1.807) is 0 Å². The van der Waals surface area contributed by atoms with E-state index in [1.165, 1.54) is 0 Å². The number of rotatable bonds is 6. The Balaban J connectivity index is 1.89. The van der Waals surface area contributed by atoms with E-state index >= 15 is 0 Å². The molecule has 1 aromatic carbocycles. The molecule has 0 amide bonds. The lowest BCUT2D eigenvalue weighted by Gasteiger charge is -2.11. The van der Waals surface area contributed by atoms with E-state index in [0.717, 1.165) is 22.0 Å². The molecule has 1 N–H and O–H groups in total. The standard InChI is InChI=1S/C13H15IO3S/c14-11-3-1-10(2-4-11)8-18(17)9-13(5-6-13)7-12(15)16/h1-4H,5-9H2,(H,15,16). The van der Waals surface area contributed by atoms with Gasteiger partial charge in [-0.05, 0) is 58.5 Å². The summed E-state index contributed by atoms with van der Waals surface area (Å²) in [4.78, 5) is 10.7. The third kappa shape index (κ3) is 4.05. The molecule has 0 saturated heterocycles. The van der Waals surface area contributed by atoms with Crippen LogP contribution >= 0.6 is 22.6 Å². The highest BCUT2D eigenvalue weighted by atomic mass is 127. The summed E-state index contributed by atoms with van der Waals surface area (Å²) >= 11 is 2.23. The Kier molecular flexibility index (Phi) is 4.42. The van der Waals surface area contributed by atoms with Crippen LogP contribution in [0.4, 0.5) is 0 Å². The molecule has 0 bridgehead atoms. The highest BCUT2D eigenvalue weighted by molar-refractivity contribution is 14.1. The summed E-state index contributed by atoms with van der Waals surface area (Å²) in [5.41, 5.74) is 0.875. The Hall–Kier alpha value is -0.430. The molecule has 0 aliphatic heterocycles. The lowest BCUT2D eigenvalue weighted by molar-refractivity contribution is -0.138. The van der Waals surface area contributed by atoms with Gasteiger partial charge in [0, 0.05) is 25.9 Å². The van der Waals surface area contributed by atoms with Crippen LogP contribution in [0.15, 0.2) is 24.3 Å². The van der Waals surface area contributed by atoms with Crippen molar-refractivity contribution in [1.82, 2.24) is 0 Å². The average Bonchev–Trinajstić information content (AvgIpc) is 3.00. The maximum Gasteiger partial charge on any atom is 0.303 e. The number of aliphatic carboxylic acids is 1. The predicted molar refractivity (Wildman–Crippen MR) is 79.8 cm³/mol. The number of carbonyl (C=O) groups is 1. The van der Waals surface area contributed by atoms with Gasteiger partial charge in [0.1, 0.15) is 0 Å². The highest BCUT2D eigenvalue weighted by Gasteiger charge is 2.45. The first-order valence-corrected chi connectivity index (χ1v) is 8.37. The lowest BCUT2D eigenvalue weighted by Crippen LogP contribution is -2.17. The number of hydrogen-bond acceptors (Lipinski definition) is 2. The van der Waals surface area contributed by atoms with Crippen molar-refractivity contribution in [2.24, 2.45) is 5.41 Å². The van der Waals surface area contributed by atoms with Gasteiger partial charge in [-0.25, -0.2) is 0 Å². The van der Waals surface area contributed by atoms with Gasteiger partial charge in [-0.2, -0.15) is 0 Å². The SMILES string of the molecule is O=C(O)CC1(CS(=O)Cc2ccc(I)cc2)CC1. The van der Waals surface area contributed by atoms with E-state index < -0.39 is 16.8 Å². The molecule has 1 aliphatic carbocycles. The van der Waals surface area contributed by atoms with Gasteiger partial charge in [-0.1, -0.05) is 12.1 Å². The van der Waals surface area contributed by atoms with Crippen molar-refractivity contribution in [3.63, 3.8) is 0 Å². The van der Waals surface area contributed by atoms with Gasteiger partial charge in [0.15, 0.2) is 0 Å². The Morgan fingerprint density at radius 3 is 2.44 bits per heavy atom. The minimum atomic E-state index is -0.967. The molecule has 3 nitrogen and oxygen atoms in total. The zero-order valence-electron chi connectivity index (χ0n) is 9.89. The van der Waals surface area contributed by atoms with Crippen molar-refractivity contribution in [3.05, 3.63) is 33.4 Å². The van der Waals surface area contributed by atoms with Crippen LogP contribution in [0.2, 0.25) is 0 Å². The minimum absolute atomic E-state index is 0.158. The zero-order chi connectivity index (χ0) is 13.2. The van der Waals surface area contributed by atoms with Crippen molar-refractivity contribution in [3.8, 4) is 0 Å². The van der Waals surface area contributed by atoms with Gasteiger partial charge in [-0.3, -0.25) is 9.00 Å². The predicted octanol–water partition coefficient (Wildman–Crippen LogP) is 2.79. The molecule has 1 unspecified atom stereocenters. The average molecular weight is 378 g/mol. The normalized spacial score (nSPS) is 18.3. The summed E-state index contributed by atoms with van der Waals surface area (Å²) in [5.74, 6) is 0.266. The summed E-state index contributed by atoms with van der Waals surface area (Å²) in [7, 11) is -0.967. The lowest BCUT2D eigenvalue weighted by atomic mass is 10.1. The van der Waals surface area contributed by atoms with Crippen molar-refractivity contribution < 1.29 is 14.1 Å². The van der Waals surface area contributed by atoms with E-state index in [-0.39, 0.29) is 11.8 Å². The molecule has 0 heterocycles. The molecule has 1 aliphatic rings. The molecular weight excluding hydrogens is 363 g/mol. The van der Waals surface area contributed by atoms with Gasteiger partial charge in [0.25, 0.3) is 0 Å². The number of benzene rings is 1. The van der Waals surface area contributed by atoms with E-state index in [0.29, 0.717) is 11.5 Å². The first kappa shape index (κ1) is 14.0. The Morgan fingerprint density at radius 2 is 1.94 bits per heavy atom. The molecule has 5 heteroatoms. The molecular formula is C13H15IO3S. The van der Waals surface area contributed by atoms with Gasteiger partial charge < -0.3 is 5.11 Å². The van der Waals surface area contributed by atoms with Gasteiger partial charge in [0.2, 0.25) is 0 Å². The van der Waals surface area contributed by atoms with Crippen LogP contribution in [0.3, 0.4) is 0 Å².